The second-order valence-corrected chi connectivity index (χ2v) is 6.53. The van der Waals surface area contributed by atoms with Gasteiger partial charge in [0.25, 0.3) is 0 Å². The van der Waals surface area contributed by atoms with Crippen LogP contribution in [0.4, 0.5) is 5.69 Å². The van der Waals surface area contributed by atoms with E-state index in [-0.39, 0.29) is 17.7 Å². The van der Waals surface area contributed by atoms with Crippen LogP contribution in [0.25, 0.3) is 10.9 Å². The minimum Gasteiger partial charge on any atom is -0.449 e. The molecule has 0 bridgehead atoms. The van der Waals surface area contributed by atoms with E-state index in [1.54, 1.807) is 12.3 Å². The highest BCUT2D eigenvalue weighted by molar-refractivity contribution is 5.87. The Kier molecular flexibility index (Phi) is 4.63. The van der Waals surface area contributed by atoms with Gasteiger partial charge in [-0.15, -0.1) is 0 Å². The maximum Gasteiger partial charge on any atom is 0.347 e. The molecule has 0 saturated carbocycles. The third kappa shape index (κ3) is 3.04. The second kappa shape index (κ2) is 7.25. The largest absolute Gasteiger partial charge is 0.449 e. The molecule has 1 atom stereocenters. The van der Waals surface area contributed by atoms with Crippen molar-refractivity contribution in [1.82, 2.24) is 14.8 Å². The summed E-state index contributed by atoms with van der Waals surface area (Å²) in [5.74, 6) is 0.423. The van der Waals surface area contributed by atoms with Crippen LogP contribution in [0.1, 0.15) is 36.7 Å². The van der Waals surface area contributed by atoms with Crippen LogP contribution in [0.15, 0.2) is 30.6 Å². The molecule has 9 heteroatoms. The Bertz CT molecular complexity index is 1100. The molecule has 1 aliphatic rings. The number of hydrogen-bond acceptors (Lipinski definition) is 7. The first-order valence-electron chi connectivity index (χ1n) is 8.90. The van der Waals surface area contributed by atoms with Gasteiger partial charge in [0.2, 0.25) is 11.4 Å². The monoisotopic (exact) mass is 379 g/mol. The summed E-state index contributed by atoms with van der Waals surface area (Å²) in [6, 6.07) is 6.92. The summed E-state index contributed by atoms with van der Waals surface area (Å²) in [5.41, 5.74) is 0.869. The quantitative estimate of drug-likeness (QED) is 0.496. The Labute approximate surface area is 160 Å². The molecule has 0 aliphatic carbocycles. The Hall–Kier alpha value is -3.51. The number of hydrogen-bond donors (Lipinski definition) is 0. The van der Waals surface area contributed by atoms with E-state index in [9.17, 15) is 10.1 Å². The Morgan fingerprint density at radius 2 is 2.25 bits per heavy atom. The molecular weight excluding hydrogens is 362 g/mol. The standard InChI is InChI=1S/C19H17N5O4/c1-12-5-6-15-13(11-22-23(15)17-4-2-3-9-27-17)19(12)28-16-7-8-21-14(10-20)18(16)24(25)26/h5-8,11,17H,2-4,9H2,1H3. The normalized spacial score (nSPS) is 16.6. The average Bonchev–Trinajstić information content (AvgIpc) is 3.14. The molecule has 9 nitrogen and oxygen atoms in total. The van der Waals surface area contributed by atoms with E-state index in [2.05, 4.69) is 10.1 Å². The van der Waals surface area contributed by atoms with Crippen molar-refractivity contribution in [3.8, 4) is 17.6 Å². The molecule has 4 rings (SSSR count). The van der Waals surface area contributed by atoms with Crippen molar-refractivity contribution < 1.29 is 14.4 Å². The van der Waals surface area contributed by atoms with Crippen LogP contribution >= 0.6 is 0 Å². The lowest BCUT2D eigenvalue weighted by atomic mass is 10.1. The van der Waals surface area contributed by atoms with Gasteiger partial charge in [0.1, 0.15) is 11.8 Å². The van der Waals surface area contributed by atoms with E-state index in [0.717, 1.165) is 35.7 Å². The number of benzene rings is 1. The predicted octanol–water partition coefficient (Wildman–Crippen LogP) is 4.01. The van der Waals surface area contributed by atoms with Crippen LogP contribution in [0.3, 0.4) is 0 Å². The lowest BCUT2D eigenvalue weighted by molar-refractivity contribution is -0.386. The van der Waals surface area contributed by atoms with Gasteiger partial charge in [-0.1, -0.05) is 6.07 Å². The van der Waals surface area contributed by atoms with Crippen LogP contribution in [0.2, 0.25) is 0 Å². The predicted molar refractivity (Wildman–Crippen MR) is 99.0 cm³/mol. The maximum atomic E-state index is 11.5. The molecule has 0 spiro atoms. The van der Waals surface area contributed by atoms with Crippen molar-refractivity contribution >= 4 is 16.6 Å². The third-order valence-corrected chi connectivity index (χ3v) is 4.74. The van der Waals surface area contributed by atoms with Crippen LogP contribution in [-0.2, 0) is 4.74 Å². The molecule has 2 aromatic heterocycles. The van der Waals surface area contributed by atoms with Crippen molar-refractivity contribution in [3.05, 3.63) is 52.0 Å². The summed E-state index contributed by atoms with van der Waals surface area (Å²) in [7, 11) is 0. The summed E-state index contributed by atoms with van der Waals surface area (Å²) in [6.45, 7) is 2.54. The second-order valence-electron chi connectivity index (χ2n) is 6.53. The number of fused-ring (bicyclic) bond motifs is 1. The first kappa shape index (κ1) is 17.9. The molecule has 1 aromatic carbocycles. The lowest BCUT2D eigenvalue weighted by Gasteiger charge is -2.23. The molecule has 0 N–H and O–H groups in total. The fourth-order valence-electron chi connectivity index (χ4n) is 3.37. The molecule has 1 aliphatic heterocycles. The van der Waals surface area contributed by atoms with Crippen LogP contribution in [0, 0.1) is 28.4 Å². The van der Waals surface area contributed by atoms with Crippen molar-refractivity contribution in [1.29, 1.82) is 5.26 Å². The molecule has 1 saturated heterocycles. The van der Waals surface area contributed by atoms with E-state index in [0.29, 0.717) is 12.4 Å². The number of ether oxygens (including phenoxy) is 2. The Morgan fingerprint density at radius 1 is 1.39 bits per heavy atom. The minimum absolute atomic E-state index is 0.0335. The van der Waals surface area contributed by atoms with Gasteiger partial charge in [0.05, 0.1) is 22.0 Å². The number of aryl methyl sites for hydroxylation is 1. The van der Waals surface area contributed by atoms with E-state index in [1.165, 1.54) is 12.3 Å². The van der Waals surface area contributed by atoms with Gasteiger partial charge in [-0.05, 0) is 37.8 Å². The van der Waals surface area contributed by atoms with E-state index >= 15 is 0 Å². The molecule has 0 radical (unpaired) electrons. The van der Waals surface area contributed by atoms with Gasteiger partial charge in [-0.2, -0.15) is 10.4 Å². The van der Waals surface area contributed by atoms with Crippen LogP contribution in [0.5, 0.6) is 11.5 Å². The zero-order valence-corrected chi connectivity index (χ0v) is 15.2. The third-order valence-electron chi connectivity index (χ3n) is 4.74. The Balaban J connectivity index is 1.80. The van der Waals surface area contributed by atoms with Crippen molar-refractivity contribution in [3.63, 3.8) is 0 Å². The van der Waals surface area contributed by atoms with Crippen molar-refractivity contribution in [2.24, 2.45) is 0 Å². The molecule has 28 heavy (non-hydrogen) atoms. The number of nitriles is 1. The van der Waals surface area contributed by atoms with Crippen molar-refractivity contribution in [2.75, 3.05) is 6.61 Å². The van der Waals surface area contributed by atoms with Crippen LogP contribution < -0.4 is 4.74 Å². The SMILES string of the molecule is Cc1ccc2c(cnn2C2CCCCO2)c1Oc1ccnc(C#N)c1[N+](=O)[O-]. The maximum absolute atomic E-state index is 11.5. The highest BCUT2D eigenvalue weighted by Crippen LogP contribution is 2.39. The average molecular weight is 379 g/mol. The minimum atomic E-state index is -0.657. The molecule has 3 aromatic rings. The van der Waals surface area contributed by atoms with Gasteiger partial charge in [0, 0.05) is 18.9 Å². The smallest absolute Gasteiger partial charge is 0.347 e. The van der Waals surface area contributed by atoms with Gasteiger partial charge in [-0.25, -0.2) is 9.67 Å². The highest BCUT2D eigenvalue weighted by atomic mass is 16.6. The van der Waals surface area contributed by atoms with E-state index < -0.39 is 10.6 Å². The van der Waals surface area contributed by atoms with E-state index in [4.69, 9.17) is 14.7 Å². The molecule has 142 valence electrons. The van der Waals surface area contributed by atoms with Gasteiger partial charge >= 0.3 is 5.69 Å². The first-order chi connectivity index (χ1) is 13.6. The van der Waals surface area contributed by atoms with Gasteiger partial charge in [-0.3, -0.25) is 10.1 Å². The zero-order valence-electron chi connectivity index (χ0n) is 15.2. The number of nitro groups is 1. The fourth-order valence-corrected chi connectivity index (χ4v) is 3.37. The highest BCUT2D eigenvalue weighted by Gasteiger charge is 2.25. The molecular formula is C19H17N5O4. The van der Waals surface area contributed by atoms with Crippen LogP contribution in [-0.4, -0.2) is 26.3 Å². The van der Waals surface area contributed by atoms with Gasteiger partial charge in [0.15, 0.2) is 6.23 Å². The van der Waals surface area contributed by atoms with Crippen molar-refractivity contribution in [2.45, 2.75) is 32.4 Å². The summed E-state index contributed by atoms with van der Waals surface area (Å²) in [5, 5.41) is 25.8. The molecule has 1 fully saturated rings. The number of nitrogens with zero attached hydrogens (tertiary/aromatic N) is 5. The number of pyridine rings is 1. The summed E-state index contributed by atoms with van der Waals surface area (Å²) < 4.78 is 13.6. The zero-order chi connectivity index (χ0) is 19.7. The van der Waals surface area contributed by atoms with Gasteiger partial charge < -0.3 is 9.47 Å². The molecule has 3 heterocycles. The van der Waals surface area contributed by atoms with E-state index in [1.807, 2.05) is 23.7 Å². The summed E-state index contributed by atoms with van der Waals surface area (Å²) in [6.07, 6.45) is 5.84. The Morgan fingerprint density at radius 3 is 2.96 bits per heavy atom. The number of rotatable bonds is 4. The number of aromatic nitrogens is 3. The lowest BCUT2D eigenvalue weighted by Crippen LogP contribution is -2.18. The summed E-state index contributed by atoms with van der Waals surface area (Å²) >= 11 is 0. The summed E-state index contributed by atoms with van der Waals surface area (Å²) in [4.78, 5) is 14.6. The molecule has 1 unspecified atom stereocenters. The topological polar surface area (TPSA) is 116 Å². The fraction of sp³-hybridized carbons (Fsp3) is 0.316. The first-order valence-corrected chi connectivity index (χ1v) is 8.90. The molecule has 0 amide bonds.